The fourth-order valence-corrected chi connectivity index (χ4v) is 2.11. The second-order valence-corrected chi connectivity index (χ2v) is 4.57. The van der Waals surface area contributed by atoms with Crippen LogP contribution in [0.2, 0.25) is 5.02 Å². The van der Waals surface area contributed by atoms with Gasteiger partial charge in [0.25, 0.3) is 0 Å². The first-order chi connectivity index (χ1) is 8.13. The van der Waals surface area contributed by atoms with Crippen LogP contribution in [0.25, 0.3) is 5.69 Å². The van der Waals surface area contributed by atoms with Crippen molar-refractivity contribution in [3.63, 3.8) is 0 Å². The molecule has 2 N–H and O–H groups in total. The number of nitrogens with two attached hydrogens (primary N) is 1. The van der Waals surface area contributed by atoms with Crippen molar-refractivity contribution in [2.24, 2.45) is 5.73 Å². The SMILES string of the molecule is CC[C@@H](N)c1cncn1-c1ccc(Cl)cc1C. The third-order valence-electron chi connectivity index (χ3n) is 2.91. The van der Waals surface area contributed by atoms with Gasteiger partial charge in [-0.05, 0) is 37.1 Å². The summed E-state index contributed by atoms with van der Waals surface area (Å²) in [6.45, 7) is 4.10. The Bertz CT molecular complexity index is 519. The van der Waals surface area contributed by atoms with E-state index in [1.165, 1.54) is 0 Å². The lowest BCUT2D eigenvalue weighted by Gasteiger charge is -2.15. The van der Waals surface area contributed by atoms with E-state index in [1.54, 1.807) is 6.33 Å². The molecule has 1 heterocycles. The average molecular weight is 250 g/mol. The highest BCUT2D eigenvalue weighted by atomic mass is 35.5. The summed E-state index contributed by atoms with van der Waals surface area (Å²) in [5, 5.41) is 0.743. The van der Waals surface area contributed by atoms with Crippen molar-refractivity contribution < 1.29 is 0 Å². The number of nitrogens with zero attached hydrogens (tertiary/aromatic N) is 2. The van der Waals surface area contributed by atoms with Crippen LogP contribution in [0.3, 0.4) is 0 Å². The maximum atomic E-state index is 6.07. The molecule has 0 amide bonds. The normalized spacial score (nSPS) is 12.7. The molecule has 0 bridgehead atoms. The van der Waals surface area contributed by atoms with E-state index in [1.807, 2.05) is 35.9 Å². The van der Waals surface area contributed by atoms with Crippen LogP contribution in [0.4, 0.5) is 0 Å². The van der Waals surface area contributed by atoms with E-state index in [0.717, 1.165) is 28.4 Å². The van der Waals surface area contributed by atoms with Gasteiger partial charge < -0.3 is 10.3 Å². The van der Waals surface area contributed by atoms with E-state index in [2.05, 4.69) is 11.9 Å². The molecule has 0 saturated heterocycles. The van der Waals surface area contributed by atoms with Crippen molar-refractivity contribution in [3.05, 3.63) is 47.0 Å². The van der Waals surface area contributed by atoms with Crippen LogP contribution in [-0.2, 0) is 0 Å². The molecular formula is C13H16ClN3. The summed E-state index contributed by atoms with van der Waals surface area (Å²) in [6, 6.07) is 5.82. The summed E-state index contributed by atoms with van der Waals surface area (Å²) >= 11 is 5.96. The van der Waals surface area contributed by atoms with Crippen molar-refractivity contribution in [2.45, 2.75) is 26.3 Å². The molecule has 0 spiro atoms. The van der Waals surface area contributed by atoms with E-state index in [4.69, 9.17) is 17.3 Å². The fraction of sp³-hybridized carbons (Fsp3) is 0.308. The Balaban J connectivity index is 2.50. The number of aryl methyl sites for hydroxylation is 1. The van der Waals surface area contributed by atoms with E-state index >= 15 is 0 Å². The smallest absolute Gasteiger partial charge is 0.0994 e. The quantitative estimate of drug-likeness (QED) is 0.908. The van der Waals surface area contributed by atoms with E-state index in [0.29, 0.717) is 0 Å². The maximum Gasteiger partial charge on any atom is 0.0994 e. The lowest BCUT2D eigenvalue weighted by atomic mass is 10.1. The largest absolute Gasteiger partial charge is 0.323 e. The van der Waals surface area contributed by atoms with Crippen molar-refractivity contribution in [2.75, 3.05) is 0 Å². The van der Waals surface area contributed by atoms with Gasteiger partial charge in [-0.15, -0.1) is 0 Å². The van der Waals surface area contributed by atoms with Crippen molar-refractivity contribution in [1.29, 1.82) is 0 Å². The van der Waals surface area contributed by atoms with Gasteiger partial charge in [-0.2, -0.15) is 0 Å². The average Bonchev–Trinajstić information content (AvgIpc) is 2.77. The minimum Gasteiger partial charge on any atom is -0.323 e. The predicted molar refractivity (Wildman–Crippen MR) is 70.5 cm³/mol. The standard InChI is InChI=1S/C13H16ClN3/c1-3-11(15)13-7-16-8-17(13)12-5-4-10(14)6-9(12)2/h4-8,11H,3,15H2,1-2H3/t11-/m1/s1. The zero-order valence-electron chi connectivity index (χ0n) is 10.0. The third-order valence-corrected chi connectivity index (χ3v) is 3.14. The minimum absolute atomic E-state index is 0.00702. The van der Waals surface area contributed by atoms with Gasteiger partial charge in [0.15, 0.2) is 0 Å². The highest BCUT2D eigenvalue weighted by Gasteiger charge is 2.12. The number of imidazole rings is 1. The summed E-state index contributed by atoms with van der Waals surface area (Å²) < 4.78 is 2.03. The van der Waals surface area contributed by atoms with Crippen LogP contribution in [0.5, 0.6) is 0 Å². The van der Waals surface area contributed by atoms with Gasteiger partial charge in [-0.3, -0.25) is 0 Å². The molecule has 4 heteroatoms. The molecule has 1 aromatic carbocycles. The zero-order chi connectivity index (χ0) is 12.4. The van der Waals surface area contributed by atoms with Crippen molar-refractivity contribution >= 4 is 11.6 Å². The molecule has 0 unspecified atom stereocenters. The number of hydrogen-bond donors (Lipinski definition) is 1. The summed E-state index contributed by atoms with van der Waals surface area (Å²) in [4.78, 5) is 4.18. The number of hydrogen-bond acceptors (Lipinski definition) is 2. The first kappa shape index (κ1) is 12.1. The van der Waals surface area contributed by atoms with Gasteiger partial charge in [0, 0.05) is 16.8 Å². The molecule has 2 rings (SSSR count). The molecule has 0 aliphatic heterocycles. The Morgan fingerprint density at radius 2 is 2.24 bits per heavy atom. The second-order valence-electron chi connectivity index (χ2n) is 4.13. The zero-order valence-corrected chi connectivity index (χ0v) is 10.8. The van der Waals surface area contributed by atoms with E-state index in [9.17, 15) is 0 Å². The summed E-state index contributed by atoms with van der Waals surface area (Å²) in [5.74, 6) is 0. The first-order valence-corrected chi connectivity index (χ1v) is 6.05. The molecule has 0 aliphatic carbocycles. The lowest BCUT2D eigenvalue weighted by molar-refractivity contribution is 0.659. The highest BCUT2D eigenvalue weighted by Crippen LogP contribution is 2.23. The maximum absolute atomic E-state index is 6.07. The second kappa shape index (κ2) is 4.90. The Kier molecular flexibility index (Phi) is 3.50. The molecule has 0 radical (unpaired) electrons. The Hall–Kier alpha value is -1.32. The van der Waals surface area contributed by atoms with Crippen LogP contribution in [0.15, 0.2) is 30.7 Å². The van der Waals surface area contributed by atoms with Gasteiger partial charge in [-0.25, -0.2) is 4.98 Å². The highest BCUT2D eigenvalue weighted by molar-refractivity contribution is 6.30. The number of aromatic nitrogens is 2. The molecule has 2 aromatic rings. The van der Waals surface area contributed by atoms with Crippen LogP contribution in [0, 0.1) is 6.92 Å². The molecule has 3 nitrogen and oxygen atoms in total. The molecule has 1 atom stereocenters. The molecule has 90 valence electrons. The van der Waals surface area contributed by atoms with Crippen LogP contribution >= 0.6 is 11.6 Å². The van der Waals surface area contributed by atoms with Crippen LogP contribution in [-0.4, -0.2) is 9.55 Å². The van der Waals surface area contributed by atoms with Gasteiger partial charge >= 0.3 is 0 Å². The Morgan fingerprint density at radius 1 is 1.47 bits per heavy atom. The third kappa shape index (κ3) is 2.35. The topological polar surface area (TPSA) is 43.8 Å². The van der Waals surface area contributed by atoms with Crippen molar-refractivity contribution in [3.8, 4) is 5.69 Å². The Labute approximate surface area is 106 Å². The number of benzene rings is 1. The summed E-state index contributed by atoms with van der Waals surface area (Å²) in [6.07, 6.45) is 4.50. The van der Waals surface area contributed by atoms with Crippen LogP contribution < -0.4 is 5.73 Å². The summed E-state index contributed by atoms with van der Waals surface area (Å²) in [5.41, 5.74) is 9.28. The van der Waals surface area contributed by atoms with Gasteiger partial charge in [0.2, 0.25) is 0 Å². The molecular weight excluding hydrogens is 234 g/mol. The van der Waals surface area contributed by atoms with E-state index in [-0.39, 0.29) is 6.04 Å². The number of rotatable bonds is 3. The molecule has 0 fully saturated rings. The predicted octanol–water partition coefficient (Wildman–Crippen LogP) is 3.24. The first-order valence-electron chi connectivity index (χ1n) is 5.67. The monoisotopic (exact) mass is 249 g/mol. The Morgan fingerprint density at radius 3 is 2.88 bits per heavy atom. The molecule has 17 heavy (non-hydrogen) atoms. The minimum atomic E-state index is 0.00702. The molecule has 0 aliphatic rings. The molecule has 0 saturated carbocycles. The van der Waals surface area contributed by atoms with Crippen LogP contribution in [0.1, 0.15) is 30.6 Å². The van der Waals surface area contributed by atoms with E-state index < -0.39 is 0 Å². The fourth-order valence-electron chi connectivity index (χ4n) is 1.88. The number of halogens is 1. The van der Waals surface area contributed by atoms with Gasteiger partial charge in [0.1, 0.15) is 0 Å². The lowest BCUT2D eigenvalue weighted by Crippen LogP contribution is -2.13. The van der Waals surface area contributed by atoms with Gasteiger partial charge in [0.05, 0.1) is 18.2 Å². The molecule has 1 aromatic heterocycles. The van der Waals surface area contributed by atoms with Gasteiger partial charge in [-0.1, -0.05) is 18.5 Å². The summed E-state index contributed by atoms with van der Waals surface area (Å²) in [7, 11) is 0. The van der Waals surface area contributed by atoms with Crippen molar-refractivity contribution in [1.82, 2.24) is 9.55 Å².